The van der Waals surface area contributed by atoms with Crippen molar-refractivity contribution in [2.75, 3.05) is 0 Å². The largest absolute Gasteiger partial charge is 0.313 e. The predicted octanol–water partition coefficient (Wildman–Crippen LogP) is 4.19. The Morgan fingerprint density at radius 1 is 1.00 bits per heavy atom. The van der Waals surface area contributed by atoms with Crippen LogP contribution < -0.4 is 0 Å². The van der Waals surface area contributed by atoms with E-state index in [2.05, 4.69) is 35.2 Å². The van der Waals surface area contributed by atoms with Crippen LogP contribution >= 0.6 is 0 Å². The highest BCUT2D eigenvalue weighted by atomic mass is 15.2. The maximum atomic E-state index is 4.64. The van der Waals surface area contributed by atoms with Gasteiger partial charge in [-0.3, -0.25) is 4.40 Å². The predicted molar refractivity (Wildman–Crippen MR) is 88.3 cm³/mol. The molecule has 0 fully saturated rings. The van der Waals surface area contributed by atoms with E-state index in [1.165, 1.54) is 0 Å². The number of fused-ring (bicyclic) bond motifs is 1. The molecule has 2 rings (SSSR count). The van der Waals surface area contributed by atoms with Gasteiger partial charge in [-0.05, 0) is 31.2 Å². The summed E-state index contributed by atoms with van der Waals surface area (Å²) in [4.78, 5) is 4.64. The van der Waals surface area contributed by atoms with Crippen molar-refractivity contribution >= 4 is 30.1 Å². The molecule has 20 heavy (non-hydrogen) atoms. The zero-order valence-electron chi connectivity index (χ0n) is 12.0. The molecule has 0 aliphatic rings. The maximum Gasteiger partial charge on any atom is 0.215 e. The van der Waals surface area contributed by atoms with Crippen LogP contribution in [0.25, 0.3) is 30.1 Å². The van der Waals surface area contributed by atoms with Gasteiger partial charge in [0.2, 0.25) is 5.78 Å². The summed E-state index contributed by atoms with van der Waals surface area (Å²) in [5, 5.41) is 0. The zero-order chi connectivity index (χ0) is 14.7. The second-order valence-electron chi connectivity index (χ2n) is 4.35. The first-order chi connectivity index (χ1) is 9.69. The molecule has 0 amide bonds. The Bertz CT molecular complexity index is 736. The summed E-state index contributed by atoms with van der Waals surface area (Å²) >= 11 is 0. The lowest BCUT2D eigenvalue weighted by atomic mass is 10.2. The fraction of sp³-hybridized carbons (Fsp3) is 0.118. The third-order valence-electron chi connectivity index (χ3n) is 3.19. The van der Waals surface area contributed by atoms with Gasteiger partial charge in [0.05, 0.1) is 22.8 Å². The van der Waals surface area contributed by atoms with Crippen molar-refractivity contribution in [2.45, 2.75) is 6.92 Å². The molecule has 0 aliphatic carbocycles. The van der Waals surface area contributed by atoms with E-state index in [0.717, 1.165) is 28.6 Å². The van der Waals surface area contributed by atoms with Crippen LogP contribution in [0.4, 0.5) is 0 Å². The number of imidazole rings is 2. The topological polar surface area (TPSA) is 22.2 Å². The molecule has 0 N–H and O–H groups in total. The number of nitrogens with zero attached hydrogens (tertiary/aromatic N) is 3. The van der Waals surface area contributed by atoms with Gasteiger partial charge in [0, 0.05) is 7.05 Å². The molecule has 0 spiro atoms. The summed E-state index contributed by atoms with van der Waals surface area (Å²) < 4.78 is 4.13. The smallest absolute Gasteiger partial charge is 0.215 e. The minimum atomic E-state index is 0.857. The summed E-state index contributed by atoms with van der Waals surface area (Å²) in [6.45, 7) is 13.4. The molecule has 0 atom stereocenters. The van der Waals surface area contributed by atoms with Crippen molar-refractivity contribution in [3.05, 3.63) is 60.7 Å². The number of aryl methyl sites for hydroxylation is 1. The molecule has 0 aromatic carbocycles. The van der Waals surface area contributed by atoms with E-state index < -0.39 is 0 Å². The average molecular weight is 265 g/mol. The van der Waals surface area contributed by atoms with Gasteiger partial charge >= 0.3 is 0 Å². The zero-order valence-corrected chi connectivity index (χ0v) is 12.0. The highest BCUT2D eigenvalue weighted by molar-refractivity contribution is 5.71. The van der Waals surface area contributed by atoms with Gasteiger partial charge in [-0.1, -0.05) is 38.0 Å². The van der Waals surface area contributed by atoms with Crippen molar-refractivity contribution in [2.24, 2.45) is 7.05 Å². The first-order valence-electron chi connectivity index (χ1n) is 6.47. The number of rotatable bonds is 5. The molecule has 0 aliphatic heterocycles. The summed E-state index contributed by atoms with van der Waals surface area (Å²) in [6.07, 6.45) is 13.3. The van der Waals surface area contributed by atoms with Gasteiger partial charge in [-0.15, -0.1) is 0 Å². The molecule has 102 valence electrons. The lowest BCUT2D eigenvalue weighted by Gasteiger charge is -2.00. The van der Waals surface area contributed by atoms with Gasteiger partial charge in [-0.25, -0.2) is 4.98 Å². The highest BCUT2D eigenvalue weighted by Crippen LogP contribution is 2.24. The minimum absolute atomic E-state index is 0.857. The van der Waals surface area contributed by atoms with Gasteiger partial charge in [-0.2, -0.15) is 0 Å². The van der Waals surface area contributed by atoms with E-state index in [4.69, 9.17) is 0 Å². The van der Waals surface area contributed by atoms with Crippen LogP contribution in [-0.2, 0) is 7.05 Å². The molecule has 0 saturated carbocycles. The average Bonchev–Trinajstić information content (AvgIpc) is 2.93. The second kappa shape index (κ2) is 5.61. The van der Waals surface area contributed by atoms with E-state index >= 15 is 0 Å². The standard InChI is InChI=1S/C17H19N3/c1-6-10-12-15-13(8-3)18-17-19(5)14(9-4)16(11-7-2)20(15)17/h6-12H,1,3-4H2,2,5H3/b11-7-,12-10-. The summed E-state index contributed by atoms with van der Waals surface area (Å²) in [5.41, 5.74) is 3.94. The van der Waals surface area contributed by atoms with Gasteiger partial charge in [0.25, 0.3) is 0 Å². The molecule has 2 heterocycles. The quantitative estimate of drug-likeness (QED) is 0.743. The van der Waals surface area contributed by atoms with Crippen LogP contribution in [0.15, 0.2) is 38.0 Å². The van der Waals surface area contributed by atoms with E-state index in [-0.39, 0.29) is 0 Å². The van der Waals surface area contributed by atoms with E-state index in [9.17, 15) is 0 Å². The summed E-state index contributed by atoms with van der Waals surface area (Å²) in [6, 6.07) is 0. The fourth-order valence-electron chi connectivity index (χ4n) is 2.32. The number of hydrogen-bond acceptors (Lipinski definition) is 1. The SMILES string of the molecule is C=C/C=C\c1c(C=C)nc2n(C)c(C=C)c(/C=C\C)n12. The molecule has 2 aromatic rings. The third-order valence-corrected chi connectivity index (χ3v) is 3.19. The Balaban J connectivity index is 2.94. The molecular formula is C17H19N3. The van der Waals surface area contributed by atoms with Crippen molar-refractivity contribution in [3.8, 4) is 0 Å². The minimum Gasteiger partial charge on any atom is -0.313 e. The molecule has 0 radical (unpaired) electrons. The van der Waals surface area contributed by atoms with Crippen LogP contribution in [0.1, 0.15) is 29.7 Å². The van der Waals surface area contributed by atoms with Crippen molar-refractivity contribution < 1.29 is 0 Å². The van der Waals surface area contributed by atoms with Crippen molar-refractivity contribution in [1.29, 1.82) is 0 Å². The Morgan fingerprint density at radius 3 is 2.30 bits per heavy atom. The molecule has 0 saturated heterocycles. The van der Waals surface area contributed by atoms with Crippen LogP contribution in [-0.4, -0.2) is 14.0 Å². The van der Waals surface area contributed by atoms with Crippen LogP contribution in [0.5, 0.6) is 0 Å². The Hall–Kier alpha value is -2.55. The molecule has 3 nitrogen and oxygen atoms in total. The summed E-state index contributed by atoms with van der Waals surface area (Å²) in [7, 11) is 1.99. The highest BCUT2D eigenvalue weighted by Gasteiger charge is 2.17. The fourth-order valence-corrected chi connectivity index (χ4v) is 2.32. The Labute approximate surface area is 119 Å². The molecule has 0 bridgehead atoms. The van der Waals surface area contributed by atoms with Crippen LogP contribution in [0.2, 0.25) is 0 Å². The lowest BCUT2D eigenvalue weighted by Crippen LogP contribution is -1.92. The van der Waals surface area contributed by atoms with Crippen molar-refractivity contribution in [3.63, 3.8) is 0 Å². The van der Waals surface area contributed by atoms with Crippen LogP contribution in [0, 0.1) is 0 Å². The monoisotopic (exact) mass is 265 g/mol. The van der Waals surface area contributed by atoms with Gasteiger partial charge in [0.15, 0.2) is 0 Å². The Kier molecular flexibility index (Phi) is 3.89. The number of aromatic nitrogens is 3. The molecule has 0 unspecified atom stereocenters. The van der Waals surface area contributed by atoms with E-state index in [1.54, 1.807) is 12.2 Å². The van der Waals surface area contributed by atoms with Crippen LogP contribution in [0.3, 0.4) is 0 Å². The molecule has 3 heteroatoms. The first kappa shape index (κ1) is 13.9. The maximum absolute atomic E-state index is 4.64. The second-order valence-corrected chi connectivity index (χ2v) is 4.35. The Morgan fingerprint density at radius 2 is 1.75 bits per heavy atom. The first-order valence-corrected chi connectivity index (χ1v) is 6.47. The third kappa shape index (κ3) is 1.97. The van der Waals surface area contributed by atoms with E-state index in [1.807, 2.05) is 42.8 Å². The summed E-state index contributed by atoms with van der Waals surface area (Å²) in [5.74, 6) is 0.867. The molecular weight excluding hydrogens is 246 g/mol. The van der Waals surface area contributed by atoms with E-state index in [0.29, 0.717) is 0 Å². The van der Waals surface area contributed by atoms with Gasteiger partial charge in [0.1, 0.15) is 0 Å². The number of hydrogen-bond donors (Lipinski definition) is 0. The van der Waals surface area contributed by atoms with Gasteiger partial charge < -0.3 is 4.57 Å². The normalized spacial score (nSPS) is 11.7. The lowest BCUT2D eigenvalue weighted by molar-refractivity contribution is 0.926. The van der Waals surface area contributed by atoms with Crippen molar-refractivity contribution in [1.82, 2.24) is 14.0 Å². The molecule has 2 aromatic heterocycles. The number of allylic oxidation sites excluding steroid dienone is 3.